The Morgan fingerprint density at radius 2 is 1.81 bits per heavy atom. The molecule has 2 aromatic carbocycles. The molecule has 2 amide bonds. The molecule has 2 aromatic heterocycles. The van der Waals surface area contributed by atoms with Gasteiger partial charge in [-0.2, -0.15) is 0 Å². The number of rotatable bonds is 6. The summed E-state index contributed by atoms with van der Waals surface area (Å²) >= 11 is 0. The summed E-state index contributed by atoms with van der Waals surface area (Å²) in [5.41, 5.74) is 1.32. The van der Waals surface area contributed by atoms with Crippen LogP contribution in [0, 0.1) is 18.6 Å². The number of anilines is 2. The Labute approximate surface area is 181 Å². The average Bonchev–Trinajstić information content (AvgIpc) is 3.23. The summed E-state index contributed by atoms with van der Waals surface area (Å²) in [6, 6.07) is 11.6. The second-order valence-corrected chi connectivity index (χ2v) is 6.98. The first-order chi connectivity index (χ1) is 15.4. The number of hydrogen-bond donors (Lipinski definition) is 3. The number of carbonyl (C=O) groups is 2. The number of halogens is 2. The van der Waals surface area contributed by atoms with Crippen molar-refractivity contribution >= 4 is 34.2 Å². The number of fused-ring (bicyclic) bond motifs is 1. The largest absolute Gasteiger partial charge is 0.453 e. The van der Waals surface area contributed by atoms with Gasteiger partial charge in [-0.25, -0.2) is 13.8 Å². The van der Waals surface area contributed by atoms with Crippen molar-refractivity contribution in [2.75, 3.05) is 10.6 Å². The van der Waals surface area contributed by atoms with Crippen LogP contribution in [0.3, 0.4) is 0 Å². The smallest absolute Gasteiger partial charge is 0.233 e. The first-order valence-electron chi connectivity index (χ1n) is 9.65. The first kappa shape index (κ1) is 21.0. The third-order valence-corrected chi connectivity index (χ3v) is 4.72. The number of H-pyrrole nitrogens is 1. The summed E-state index contributed by atoms with van der Waals surface area (Å²) in [6.07, 6.45) is 2.72. The van der Waals surface area contributed by atoms with Gasteiger partial charge in [0.2, 0.25) is 11.8 Å². The van der Waals surface area contributed by atoms with Gasteiger partial charge in [0, 0.05) is 35.4 Å². The van der Waals surface area contributed by atoms with E-state index in [9.17, 15) is 18.4 Å². The van der Waals surface area contributed by atoms with E-state index in [0.717, 1.165) is 6.07 Å². The molecule has 2 heterocycles. The van der Waals surface area contributed by atoms with E-state index in [1.54, 1.807) is 18.3 Å². The highest BCUT2D eigenvalue weighted by Crippen LogP contribution is 2.31. The Bertz CT molecular complexity index is 1320. The van der Waals surface area contributed by atoms with E-state index in [2.05, 4.69) is 20.6 Å². The van der Waals surface area contributed by atoms with Gasteiger partial charge in [-0.15, -0.1) is 0 Å². The van der Waals surface area contributed by atoms with E-state index in [0.29, 0.717) is 16.8 Å². The molecule has 0 unspecified atom stereocenters. The van der Waals surface area contributed by atoms with Crippen molar-refractivity contribution in [3.63, 3.8) is 0 Å². The number of nitrogens with one attached hydrogen (secondary N) is 3. The lowest BCUT2D eigenvalue weighted by Gasteiger charge is -2.11. The van der Waals surface area contributed by atoms with Crippen LogP contribution in [0.15, 0.2) is 60.9 Å². The summed E-state index contributed by atoms with van der Waals surface area (Å²) in [4.78, 5) is 31.3. The van der Waals surface area contributed by atoms with Crippen LogP contribution in [0.5, 0.6) is 11.5 Å². The van der Waals surface area contributed by atoms with Crippen LogP contribution in [0.25, 0.3) is 11.0 Å². The van der Waals surface area contributed by atoms with Gasteiger partial charge in [0.05, 0.1) is 5.39 Å². The highest BCUT2D eigenvalue weighted by molar-refractivity contribution is 6.08. The van der Waals surface area contributed by atoms with E-state index in [4.69, 9.17) is 4.74 Å². The Kier molecular flexibility index (Phi) is 5.80. The molecule has 0 aliphatic heterocycles. The maximum atomic E-state index is 14.5. The van der Waals surface area contributed by atoms with Gasteiger partial charge in [-0.1, -0.05) is 6.07 Å². The van der Waals surface area contributed by atoms with Crippen molar-refractivity contribution in [1.82, 2.24) is 9.97 Å². The minimum Gasteiger partial charge on any atom is -0.453 e. The quantitative estimate of drug-likeness (QED) is 0.374. The van der Waals surface area contributed by atoms with Gasteiger partial charge in [-0.05, 0) is 43.3 Å². The molecule has 0 spiro atoms. The zero-order valence-electron chi connectivity index (χ0n) is 16.9. The van der Waals surface area contributed by atoms with Gasteiger partial charge < -0.3 is 20.4 Å². The first-order valence-corrected chi connectivity index (χ1v) is 9.65. The number of amides is 2. The number of nitrogens with zero attached hydrogens (tertiary/aromatic N) is 1. The van der Waals surface area contributed by atoms with Crippen LogP contribution in [0.1, 0.15) is 12.0 Å². The fourth-order valence-corrected chi connectivity index (χ4v) is 3.09. The predicted molar refractivity (Wildman–Crippen MR) is 116 cm³/mol. The number of hydrogen-bond acceptors (Lipinski definition) is 4. The van der Waals surface area contributed by atoms with Crippen LogP contribution >= 0.6 is 0 Å². The lowest BCUT2D eigenvalue weighted by molar-refractivity contribution is -0.123. The molecule has 9 heteroatoms. The van der Waals surface area contributed by atoms with Crippen molar-refractivity contribution in [2.24, 2.45) is 0 Å². The van der Waals surface area contributed by atoms with Crippen molar-refractivity contribution in [2.45, 2.75) is 13.3 Å². The van der Waals surface area contributed by atoms with Crippen LogP contribution in [0.2, 0.25) is 0 Å². The minimum absolute atomic E-state index is 0.0315. The van der Waals surface area contributed by atoms with Gasteiger partial charge in [-0.3, -0.25) is 9.59 Å². The standard InChI is InChI=1S/C23H18F2N4O3/c1-13-16(24)3-2-4-18(13)29-22(31)12-21(30)28-14-5-6-20(17(25)11-14)32-19-8-10-27-23-15(19)7-9-26-23/h2-11H,12H2,1H3,(H,26,27)(H,28,30)(H,29,31). The third kappa shape index (κ3) is 4.56. The predicted octanol–water partition coefficient (Wildman–Crippen LogP) is 4.91. The zero-order chi connectivity index (χ0) is 22.7. The van der Waals surface area contributed by atoms with E-state index < -0.39 is 29.9 Å². The summed E-state index contributed by atoms with van der Waals surface area (Å²) in [5.74, 6) is -2.03. The van der Waals surface area contributed by atoms with Crippen LogP contribution in [-0.2, 0) is 9.59 Å². The van der Waals surface area contributed by atoms with E-state index in [1.807, 2.05) is 0 Å². The molecule has 4 aromatic rings. The molecule has 7 nitrogen and oxygen atoms in total. The molecule has 32 heavy (non-hydrogen) atoms. The Morgan fingerprint density at radius 3 is 2.62 bits per heavy atom. The molecule has 3 N–H and O–H groups in total. The average molecular weight is 436 g/mol. The number of carbonyl (C=O) groups excluding carboxylic acids is 2. The number of pyridine rings is 1. The number of aromatic nitrogens is 2. The second kappa shape index (κ2) is 8.84. The van der Waals surface area contributed by atoms with E-state index in [1.165, 1.54) is 43.5 Å². The molecule has 0 aliphatic carbocycles. The van der Waals surface area contributed by atoms with Crippen LogP contribution in [-0.4, -0.2) is 21.8 Å². The van der Waals surface area contributed by atoms with Gasteiger partial charge in [0.1, 0.15) is 23.6 Å². The highest BCUT2D eigenvalue weighted by Gasteiger charge is 2.14. The molecule has 0 saturated heterocycles. The van der Waals surface area contributed by atoms with Crippen LogP contribution in [0.4, 0.5) is 20.2 Å². The van der Waals surface area contributed by atoms with Crippen molar-refractivity contribution in [1.29, 1.82) is 0 Å². The normalized spacial score (nSPS) is 10.7. The summed E-state index contributed by atoms with van der Waals surface area (Å²) in [5, 5.41) is 5.64. The third-order valence-electron chi connectivity index (χ3n) is 4.72. The van der Waals surface area contributed by atoms with Crippen molar-refractivity contribution in [3.05, 3.63) is 78.1 Å². The molecule has 0 aliphatic rings. The minimum atomic E-state index is -0.692. The molecule has 0 radical (unpaired) electrons. The van der Waals surface area contributed by atoms with Gasteiger partial charge in [0.15, 0.2) is 11.6 Å². The Morgan fingerprint density at radius 1 is 1.00 bits per heavy atom. The monoisotopic (exact) mass is 436 g/mol. The maximum absolute atomic E-state index is 14.5. The van der Waals surface area contributed by atoms with Crippen molar-refractivity contribution < 1.29 is 23.1 Å². The SMILES string of the molecule is Cc1c(F)cccc1NC(=O)CC(=O)Nc1ccc(Oc2ccnc3[nH]ccc23)c(F)c1. The second-order valence-electron chi connectivity index (χ2n) is 6.98. The summed E-state index contributed by atoms with van der Waals surface area (Å²) < 4.78 is 33.7. The lowest BCUT2D eigenvalue weighted by atomic mass is 10.2. The topological polar surface area (TPSA) is 96.1 Å². The fourth-order valence-electron chi connectivity index (χ4n) is 3.09. The number of ether oxygens (including phenoxy) is 1. The number of aromatic amines is 1. The molecule has 0 atom stereocenters. The van der Waals surface area contributed by atoms with E-state index in [-0.39, 0.29) is 22.7 Å². The zero-order valence-corrected chi connectivity index (χ0v) is 16.9. The molecule has 0 fully saturated rings. The van der Waals surface area contributed by atoms with Gasteiger partial charge >= 0.3 is 0 Å². The summed E-state index contributed by atoms with van der Waals surface area (Å²) in [7, 11) is 0. The van der Waals surface area contributed by atoms with Crippen LogP contribution < -0.4 is 15.4 Å². The molecule has 0 bridgehead atoms. The lowest BCUT2D eigenvalue weighted by Crippen LogP contribution is -2.22. The Hall–Kier alpha value is -4.27. The molecular formula is C23H18F2N4O3. The number of benzene rings is 2. The van der Waals surface area contributed by atoms with E-state index >= 15 is 0 Å². The summed E-state index contributed by atoms with van der Waals surface area (Å²) in [6.45, 7) is 1.52. The molecule has 0 saturated carbocycles. The maximum Gasteiger partial charge on any atom is 0.233 e. The molecule has 4 rings (SSSR count). The highest BCUT2D eigenvalue weighted by atomic mass is 19.1. The van der Waals surface area contributed by atoms with Crippen molar-refractivity contribution in [3.8, 4) is 11.5 Å². The van der Waals surface area contributed by atoms with Gasteiger partial charge in [0.25, 0.3) is 0 Å². The fraction of sp³-hybridized carbons (Fsp3) is 0.0870. The molecular weight excluding hydrogens is 418 g/mol. The Balaban J connectivity index is 1.39. The molecule has 162 valence electrons.